The van der Waals surface area contributed by atoms with Gasteiger partial charge in [-0.15, -0.1) is 0 Å². The Labute approximate surface area is 157 Å². The van der Waals surface area contributed by atoms with Gasteiger partial charge in [-0.1, -0.05) is 11.6 Å². The van der Waals surface area contributed by atoms with E-state index >= 15 is 0 Å². The van der Waals surface area contributed by atoms with Gasteiger partial charge in [0.2, 0.25) is 0 Å². The van der Waals surface area contributed by atoms with Gasteiger partial charge in [0.25, 0.3) is 0 Å². The number of nitrogens with two attached hydrogens (primary N) is 1. The van der Waals surface area contributed by atoms with E-state index in [1.807, 2.05) is 29.2 Å². The van der Waals surface area contributed by atoms with E-state index in [4.69, 9.17) is 17.3 Å². The molecule has 1 fully saturated rings. The minimum Gasteiger partial charge on any atom is -0.370 e. The second-order valence-electron chi connectivity index (χ2n) is 6.40. The standard InChI is InChI=1S/C17H25ClF3N5/c1-24(13-17(19,20)21)8-2-7-23-16(22)26-11-9-25(10-12-26)15-5-3-14(18)4-6-15/h3-6H,2,7-13H2,1H3,(H2,22,23). The van der Waals surface area contributed by atoms with E-state index in [1.165, 1.54) is 11.9 Å². The zero-order chi connectivity index (χ0) is 19.2. The molecule has 0 spiro atoms. The van der Waals surface area contributed by atoms with E-state index in [0.29, 0.717) is 30.5 Å². The van der Waals surface area contributed by atoms with Crippen molar-refractivity contribution in [2.75, 3.05) is 57.8 Å². The zero-order valence-corrected chi connectivity index (χ0v) is 15.6. The minimum atomic E-state index is -4.17. The van der Waals surface area contributed by atoms with Crippen molar-refractivity contribution >= 4 is 23.2 Å². The molecular weight excluding hydrogens is 367 g/mol. The minimum absolute atomic E-state index is 0.334. The normalized spacial score (nSPS) is 16.5. The fourth-order valence-corrected chi connectivity index (χ4v) is 2.99. The van der Waals surface area contributed by atoms with E-state index in [0.717, 1.165) is 31.9 Å². The molecule has 1 aromatic carbocycles. The van der Waals surface area contributed by atoms with E-state index in [-0.39, 0.29) is 0 Å². The van der Waals surface area contributed by atoms with Gasteiger partial charge in [0.15, 0.2) is 5.96 Å². The number of alkyl halides is 3. The highest BCUT2D eigenvalue weighted by Gasteiger charge is 2.28. The maximum Gasteiger partial charge on any atom is 0.401 e. The van der Waals surface area contributed by atoms with E-state index in [1.54, 1.807) is 0 Å². The summed E-state index contributed by atoms with van der Waals surface area (Å²) in [7, 11) is 1.45. The predicted molar refractivity (Wildman–Crippen MR) is 99.9 cm³/mol. The molecule has 0 amide bonds. The molecule has 0 unspecified atom stereocenters. The molecule has 26 heavy (non-hydrogen) atoms. The van der Waals surface area contributed by atoms with Gasteiger partial charge in [0.1, 0.15) is 0 Å². The second kappa shape index (κ2) is 9.32. The number of halogens is 4. The molecule has 1 heterocycles. The lowest BCUT2D eigenvalue weighted by Gasteiger charge is -2.36. The highest BCUT2D eigenvalue weighted by Crippen LogP contribution is 2.19. The van der Waals surface area contributed by atoms with Crippen molar-refractivity contribution in [2.24, 2.45) is 10.7 Å². The fourth-order valence-electron chi connectivity index (χ4n) is 2.87. The number of guanidine groups is 1. The van der Waals surface area contributed by atoms with Crippen LogP contribution in [0.1, 0.15) is 6.42 Å². The largest absolute Gasteiger partial charge is 0.401 e. The summed E-state index contributed by atoms with van der Waals surface area (Å²) in [4.78, 5) is 9.81. The van der Waals surface area contributed by atoms with Crippen molar-refractivity contribution in [3.63, 3.8) is 0 Å². The van der Waals surface area contributed by atoms with Crippen LogP contribution < -0.4 is 10.6 Å². The highest BCUT2D eigenvalue weighted by atomic mass is 35.5. The molecule has 0 atom stereocenters. The van der Waals surface area contributed by atoms with Crippen LogP contribution >= 0.6 is 11.6 Å². The van der Waals surface area contributed by atoms with Gasteiger partial charge in [-0.3, -0.25) is 9.89 Å². The first-order chi connectivity index (χ1) is 12.2. The number of rotatable bonds is 6. The van der Waals surface area contributed by atoms with Gasteiger partial charge in [-0.2, -0.15) is 13.2 Å². The number of hydrogen-bond acceptors (Lipinski definition) is 3. The SMILES string of the molecule is CN(CCCN=C(N)N1CCN(c2ccc(Cl)cc2)CC1)CC(F)(F)F. The molecule has 2 rings (SSSR count). The van der Waals surface area contributed by atoms with Crippen molar-refractivity contribution < 1.29 is 13.2 Å². The molecular formula is C17H25ClF3N5. The predicted octanol–water partition coefficient (Wildman–Crippen LogP) is 2.66. The monoisotopic (exact) mass is 391 g/mol. The molecule has 0 aromatic heterocycles. The van der Waals surface area contributed by atoms with Crippen LogP contribution in [0.4, 0.5) is 18.9 Å². The Morgan fingerprint density at radius 3 is 2.38 bits per heavy atom. The first-order valence-electron chi connectivity index (χ1n) is 8.55. The van der Waals surface area contributed by atoms with Gasteiger partial charge in [0.05, 0.1) is 6.54 Å². The van der Waals surface area contributed by atoms with Crippen molar-refractivity contribution in [2.45, 2.75) is 12.6 Å². The van der Waals surface area contributed by atoms with E-state index < -0.39 is 12.7 Å². The Morgan fingerprint density at radius 1 is 1.19 bits per heavy atom. The van der Waals surface area contributed by atoms with Crippen LogP contribution in [0.15, 0.2) is 29.3 Å². The Hall–Kier alpha value is -1.67. The van der Waals surface area contributed by atoms with Crippen molar-refractivity contribution in [1.29, 1.82) is 0 Å². The number of benzene rings is 1. The molecule has 2 N–H and O–H groups in total. The summed E-state index contributed by atoms with van der Waals surface area (Å²) in [6.07, 6.45) is -3.63. The first-order valence-corrected chi connectivity index (χ1v) is 8.93. The summed E-state index contributed by atoms with van der Waals surface area (Å²) in [6.45, 7) is 3.02. The maximum atomic E-state index is 12.3. The molecule has 0 radical (unpaired) electrons. The summed E-state index contributed by atoms with van der Waals surface area (Å²) in [6, 6.07) is 7.73. The molecule has 0 aliphatic carbocycles. The molecule has 0 saturated carbocycles. The van der Waals surface area contributed by atoms with Crippen LogP contribution in [0.5, 0.6) is 0 Å². The molecule has 0 bridgehead atoms. The number of piperazine rings is 1. The van der Waals surface area contributed by atoms with Gasteiger partial charge >= 0.3 is 6.18 Å². The van der Waals surface area contributed by atoms with Crippen LogP contribution in [0.3, 0.4) is 0 Å². The third-order valence-corrected chi connectivity index (χ3v) is 4.47. The van der Waals surface area contributed by atoms with Gasteiger partial charge in [-0.05, 0) is 44.3 Å². The Bertz CT molecular complexity index is 583. The first kappa shape index (κ1) is 20.6. The molecule has 1 aliphatic rings. The molecule has 146 valence electrons. The molecule has 1 aromatic rings. The molecule has 5 nitrogen and oxygen atoms in total. The Kier molecular flexibility index (Phi) is 7.40. The van der Waals surface area contributed by atoms with Crippen LogP contribution in [-0.4, -0.2) is 74.8 Å². The lowest BCUT2D eigenvalue weighted by atomic mass is 10.2. The quantitative estimate of drug-likeness (QED) is 0.460. The average molecular weight is 392 g/mol. The number of aliphatic imine (C=N–C) groups is 1. The summed E-state index contributed by atoms with van der Waals surface area (Å²) in [5, 5.41) is 0.713. The number of nitrogens with zero attached hydrogens (tertiary/aromatic N) is 4. The van der Waals surface area contributed by atoms with Crippen molar-refractivity contribution in [3.8, 4) is 0 Å². The van der Waals surface area contributed by atoms with Crippen molar-refractivity contribution in [3.05, 3.63) is 29.3 Å². The summed E-state index contributed by atoms with van der Waals surface area (Å²) < 4.78 is 36.8. The number of hydrogen-bond donors (Lipinski definition) is 1. The Morgan fingerprint density at radius 2 is 1.81 bits per heavy atom. The smallest absolute Gasteiger partial charge is 0.370 e. The van der Waals surface area contributed by atoms with E-state index in [9.17, 15) is 13.2 Å². The third-order valence-electron chi connectivity index (χ3n) is 4.22. The van der Waals surface area contributed by atoms with Crippen LogP contribution in [0.2, 0.25) is 5.02 Å². The Balaban J connectivity index is 1.71. The van der Waals surface area contributed by atoms with Crippen LogP contribution in [0, 0.1) is 0 Å². The zero-order valence-electron chi connectivity index (χ0n) is 14.8. The topological polar surface area (TPSA) is 48.1 Å². The lowest BCUT2D eigenvalue weighted by molar-refractivity contribution is -0.143. The molecule has 1 saturated heterocycles. The molecule has 1 aliphatic heterocycles. The highest BCUT2D eigenvalue weighted by molar-refractivity contribution is 6.30. The van der Waals surface area contributed by atoms with Crippen molar-refractivity contribution in [1.82, 2.24) is 9.80 Å². The summed E-state index contributed by atoms with van der Waals surface area (Å²) in [5.41, 5.74) is 7.14. The summed E-state index contributed by atoms with van der Waals surface area (Å²) in [5.74, 6) is 0.458. The van der Waals surface area contributed by atoms with Gasteiger partial charge in [-0.25, -0.2) is 0 Å². The van der Waals surface area contributed by atoms with Gasteiger partial charge < -0.3 is 15.5 Å². The number of anilines is 1. The fraction of sp³-hybridized carbons (Fsp3) is 0.588. The lowest BCUT2D eigenvalue weighted by Crippen LogP contribution is -2.51. The second-order valence-corrected chi connectivity index (χ2v) is 6.83. The molecule has 9 heteroatoms. The van der Waals surface area contributed by atoms with Crippen LogP contribution in [0.25, 0.3) is 0 Å². The third kappa shape index (κ3) is 6.92. The maximum absolute atomic E-state index is 12.3. The van der Waals surface area contributed by atoms with E-state index in [2.05, 4.69) is 9.89 Å². The van der Waals surface area contributed by atoms with Crippen LogP contribution in [-0.2, 0) is 0 Å². The van der Waals surface area contributed by atoms with Gasteiger partial charge in [0, 0.05) is 43.4 Å². The average Bonchev–Trinajstić information content (AvgIpc) is 2.58. The summed E-state index contributed by atoms with van der Waals surface area (Å²) >= 11 is 5.91.